The van der Waals surface area contributed by atoms with Gasteiger partial charge in [0, 0.05) is 43.6 Å². The molecule has 1 aliphatic rings. The maximum Gasteiger partial charge on any atom is 0.274 e. The molecule has 3 rings (SSSR count). The second-order valence-corrected chi connectivity index (χ2v) is 6.92. The predicted molar refractivity (Wildman–Crippen MR) is 102 cm³/mol. The van der Waals surface area contributed by atoms with Gasteiger partial charge in [-0.15, -0.1) is 0 Å². The third-order valence-electron chi connectivity index (χ3n) is 4.21. The Balaban J connectivity index is 1.72. The van der Waals surface area contributed by atoms with Crippen LogP contribution >= 0.6 is 23.2 Å². The zero-order valence-corrected chi connectivity index (χ0v) is 15.7. The number of amides is 2. The van der Waals surface area contributed by atoms with Crippen LogP contribution in [0.5, 0.6) is 0 Å². The molecule has 136 valence electrons. The van der Waals surface area contributed by atoms with E-state index in [1.807, 2.05) is 7.05 Å². The molecule has 1 N–H and O–H groups in total. The number of anilines is 1. The molecule has 1 aromatic heterocycles. The number of benzene rings is 1. The minimum absolute atomic E-state index is 0.0934. The number of nitrogens with one attached hydrogen (secondary N) is 1. The molecule has 0 bridgehead atoms. The van der Waals surface area contributed by atoms with E-state index in [0.29, 0.717) is 34.4 Å². The third-order valence-corrected chi connectivity index (χ3v) is 4.95. The number of hydrogen-bond acceptors (Lipinski definition) is 4. The van der Waals surface area contributed by atoms with Crippen molar-refractivity contribution in [1.29, 1.82) is 0 Å². The largest absolute Gasteiger partial charge is 0.336 e. The summed E-state index contributed by atoms with van der Waals surface area (Å²) in [6.45, 7) is 3.01. The van der Waals surface area contributed by atoms with Gasteiger partial charge in [0.25, 0.3) is 11.8 Å². The summed E-state index contributed by atoms with van der Waals surface area (Å²) in [6, 6.07) is 7.93. The van der Waals surface area contributed by atoms with Gasteiger partial charge >= 0.3 is 0 Å². The van der Waals surface area contributed by atoms with Gasteiger partial charge in [0.15, 0.2) is 0 Å². The van der Waals surface area contributed by atoms with E-state index >= 15 is 0 Å². The molecule has 1 saturated heterocycles. The highest BCUT2D eigenvalue weighted by atomic mass is 35.5. The Morgan fingerprint density at radius 2 is 1.77 bits per heavy atom. The Kier molecular flexibility index (Phi) is 5.76. The summed E-state index contributed by atoms with van der Waals surface area (Å²) in [5.74, 6) is -0.513. The molecule has 26 heavy (non-hydrogen) atoms. The van der Waals surface area contributed by atoms with Gasteiger partial charge in [-0.1, -0.05) is 23.2 Å². The lowest BCUT2D eigenvalue weighted by atomic mass is 10.1. The number of likely N-dealkylation sites (N-methyl/N-ethyl adjacent to an activating group) is 1. The van der Waals surface area contributed by atoms with Crippen LogP contribution in [0.1, 0.15) is 20.8 Å². The van der Waals surface area contributed by atoms with Gasteiger partial charge in [0.1, 0.15) is 5.69 Å². The summed E-state index contributed by atoms with van der Waals surface area (Å²) in [7, 11) is 2.03. The number of piperazine rings is 1. The Morgan fingerprint density at radius 1 is 1.04 bits per heavy atom. The van der Waals surface area contributed by atoms with Crippen LogP contribution in [0.2, 0.25) is 10.0 Å². The summed E-state index contributed by atoms with van der Waals surface area (Å²) >= 11 is 11.8. The van der Waals surface area contributed by atoms with Crippen molar-refractivity contribution >= 4 is 40.7 Å². The summed E-state index contributed by atoms with van der Waals surface area (Å²) in [6.07, 6.45) is 1.47. The van der Waals surface area contributed by atoms with Gasteiger partial charge in [0.2, 0.25) is 0 Å². The van der Waals surface area contributed by atoms with Crippen molar-refractivity contribution in [2.45, 2.75) is 0 Å². The Labute approximate surface area is 161 Å². The third kappa shape index (κ3) is 4.33. The molecule has 2 heterocycles. The van der Waals surface area contributed by atoms with E-state index in [1.165, 1.54) is 12.3 Å². The van der Waals surface area contributed by atoms with Gasteiger partial charge < -0.3 is 15.1 Å². The molecule has 0 aliphatic carbocycles. The fourth-order valence-corrected chi connectivity index (χ4v) is 2.95. The Bertz CT molecular complexity index is 836. The number of rotatable bonds is 3. The number of pyridine rings is 1. The first-order valence-corrected chi connectivity index (χ1v) is 8.90. The molecular formula is C18H18Cl2N4O2. The fraction of sp³-hybridized carbons (Fsp3) is 0.278. The first kappa shape index (κ1) is 18.6. The molecule has 0 atom stereocenters. The van der Waals surface area contributed by atoms with Crippen LogP contribution in [0.25, 0.3) is 0 Å². The normalized spacial score (nSPS) is 15.0. The molecule has 1 aliphatic heterocycles. The summed E-state index contributed by atoms with van der Waals surface area (Å²) < 4.78 is 0. The van der Waals surface area contributed by atoms with Crippen molar-refractivity contribution in [3.05, 3.63) is 57.8 Å². The number of carbonyl (C=O) groups is 2. The average molecular weight is 393 g/mol. The van der Waals surface area contributed by atoms with Crippen molar-refractivity contribution in [3.8, 4) is 0 Å². The fourth-order valence-electron chi connectivity index (χ4n) is 2.65. The minimum atomic E-state index is -0.420. The number of halogens is 2. The zero-order valence-electron chi connectivity index (χ0n) is 14.2. The van der Waals surface area contributed by atoms with Gasteiger partial charge in [0.05, 0.1) is 10.0 Å². The van der Waals surface area contributed by atoms with Crippen molar-refractivity contribution in [2.75, 3.05) is 38.5 Å². The summed E-state index contributed by atoms with van der Waals surface area (Å²) in [5.41, 5.74) is 1.11. The topological polar surface area (TPSA) is 65.5 Å². The molecule has 2 aromatic rings. The van der Waals surface area contributed by atoms with Gasteiger partial charge in [-0.05, 0) is 37.4 Å². The van der Waals surface area contributed by atoms with E-state index in [2.05, 4.69) is 15.2 Å². The van der Waals surface area contributed by atoms with E-state index in [4.69, 9.17) is 23.2 Å². The highest BCUT2D eigenvalue weighted by molar-refractivity contribution is 6.42. The SMILES string of the molecule is CN1CCN(C(=O)c2ccnc(C(=O)Nc3ccc(Cl)c(Cl)c3)c2)CC1. The zero-order chi connectivity index (χ0) is 18.7. The highest BCUT2D eigenvalue weighted by Gasteiger charge is 2.21. The van der Waals surface area contributed by atoms with Gasteiger partial charge in [-0.25, -0.2) is 0 Å². The van der Waals surface area contributed by atoms with Crippen LogP contribution in [0, 0.1) is 0 Å². The molecule has 0 radical (unpaired) electrons. The number of carbonyl (C=O) groups excluding carboxylic acids is 2. The molecule has 8 heteroatoms. The van der Waals surface area contributed by atoms with Crippen LogP contribution in [0.3, 0.4) is 0 Å². The highest BCUT2D eigenvalue weighted by Crippen LogP contribution is 2.25. The first-order valence-electron chi connectivity index (χ1n) is 8.14. The van der Waals surface area contributed by atoms with Crippen LogP contribution in [0.15, 0.2) is 36.5 Å². The Morgan fingerprint density at radius 3 is 2.46 bits per heavy atom. The summed E-state index contributed by atoms with van der Waals surface area (Å²) in [4.78, 5) is 33.1. The van der Waals surface area contributed by atoms with Crippen LogP contribution in [-0.4, -0.2) is 59.8 Å². The number of aromatic nitrogens is 1. The van der Waals surface area contributed by atoms with E-state index in [1.54, 1.807) is 29.2 Å². The maximum absolute atomic E-state index is 12.6. The lowest BCUT2D eigenvalue weighted by molar-refractivity contribution is 0.0664. The molecule has 1 aromatic carbocycles. The second kappa shape index (κ2) is 8.03. The average Bonchev–Trinajstić information content (AvgIpc) is 2.65. The van der Waals surface area contributed by atoms with Crippen LogP contribution in [0.4, 0.5) is 5.69 Å². The second-order valence-electron chi connectivity index (χ2n) is 6.11. The summed E-state index contributed by atoms with van der Waals surface area (Å²) in [5, 5.41) is 3.45. The van der Waals surface area contributed by atoms with Gasteiger partial charge in [-0.3, -0.25) is 14.6 Å². The van der Waals surface area contributed by atoms with E-state index in [0.717, 1.165) is 13.1 Å². The molecule has 1 fully saturated rings. The lowest BCUT2D eigenvalue weighted by Crippen LogP contribution is -2.47. The monoisotopic (exact) mass is 392 g/mol. The maximum atomic E-state index is 12.6. The molecule has 0 spiro atoms. The van der Waals surface area contributed by atoms with Crippen molar-refractivity contribution in [2.24, 2.45) is 0 Å². The van der Waals surface area contributed by atoms with Crippen molar-refractivity contribution < 1.29 is 9.59 Å². The van der Waals surface area contributed by atoms with Crippen LogP contribution < -0.4 is 5.32 Å². The smallest absolute Gasteiger partial charge is 0.274 e. The van der Waals surface area contributed by atoms with E-state index in [-0.39, 0.29) is 11.6 Å². The van der Waals surface area contributed by atoms with Crippen molar-refractivity contribution in [3.63, 3.8) is 0 Å². The van der Waals surface area contributed by atoms with Crippen LogP contribution in [-0.2, 0) is 0 Å². The predicted octanol–water partition coefficient (Wildman–Crippen LogP) is 3.03. The molecule has 0 saturated carbocycles. The van der Waals surface area contributed by atoms with Crippen molar-refractivity contribution in [1.82, 2.24) is 14.8 Å². The Hall–Kier alpha value is -2.15. The standard InChI is InChI=1S/C18H18Cl2N4O2/c1-23-6-8-24(9-7-23)18(26)12-4-5-21-16(10-12)17(25)22-13-2-3-14(19)15(20)11-13/h2-5,10-11H,6-9H2,1H3,(H,22,25). The first-order chi connectivity index (χ1) is 12.4. The van der Waals surface area contributed by atoms with Gasteiger partial charge in [-0.2, -0.15) is 0 Å². The van der Waals surface area contributed by atoms with E-state index in [9.17, 15) is 9.59 Å². The molecular weight excluding hydrogens is 375 g/mol. The quantitative estimate of drug-likeness (QED) is 0.871. The minimum Gasteiger partial charge on any atom is -0.336 e. The molecule has 2 amide bonds. The number of nitrogens with zero attached hydrogens (tertiary/aromatic N) is 3. The number of hydrogen-bond donors (Lipinski definition) is 1. The molecule has 0 unspecified atom stereocenters. The molecule has 6 nitrogen and oxygen atoms in total. The lowest BCUT2D eigenvalue weighted by Gasteiger charge is -2.32. The van der Waals surface area contributed by atoms with E-state index < -0.39 is 5.91 Å².